The second kappa shape index (κ2) is 5.40. The molecule has 0 nitrogen and oxygen atoms in total. The maximum Gasteiger partial charge on any atom is 0.126 e. The van der Waals surface area contributed by atoms with Crippen LogP contribution < -0.4 is 0 Å². The van der Waals surface area contributed by atoms with Crippen LogP contribution in [0.5, 0.6) is 0 Å². The summed E-state index contributed by atoms with van der Waals surface area (Å²) < 4.78 is 13.6. The van der Waals surface area contributed by atoms with Crippen molar-refractivity contribution in [1.82, 2.24) is 0 Å². The van der Waals surface area contributed by atoms with E-state index in [0.29, 0.717) is 11.5 Å². The fourth-order valence-corrected chi connectivity index (χ4v) is 2.27. The summed E-state index contributed by atoms with van der Waals surface area (Å²) in [6.45, 7) is 9.82. The minimum Gasteiger partial charge on any atom is -0.207 e. The fraction of sp³-hybridized carbons (Fsp3) is 0.222. The maximum atomic E-state index is 13.6. The second-order valence-corrected chi connectivity index (χ2v) is 5.06. The molecule has 2 aromatic carbocycles. The van der Waals surface area contributed by atoms with Crippen molar-refractivity contribution in [2.45, 2.75) is 26.7 Å². The van der Waals surface area contributed by atoms with Crippen LogP contribution in [0.1, 0.15) is 29.5 Å². The third-order valence-corrected chi connectivity index (χ3v) is 3.62. The van der Waals surface area contributed by atoms with Gasteiger partial charge < -0.3 is 0 Å². The van der Waals surface area contributed by atoms with Gasteiger partial charge in [0.15, 0.2) is 0 Å². The number of rotatable bonds is 3. The van der Waals surface area contributed by atoms with Gasteiger partial charge in [0.05, 0.1) is 0 Å². The van der Waals surface area contributed by atoms with Gasteiger partial charge in [-0.25, -0.2) is 4.39 Å². The second-order valence-electron chi connectivity index (χ2n) is 5.06. The number of benzene rings is 2. The summed E-state index contributed by atoms with van der Waals surface area (Å²) in [5.74, 6) is 0.183. The molecule has 0 fully saturated rings. The zero-order valence-electron chi connectivity index (χ0n) is 11.7. The summed E-state index contributed by atoms with van der Waals surface area (Å²) in [6.07, 6.45) is 1.94. The summed E-state index contributed by atoms with van der Waals surface area (Å²) >= 11 is 0. The number of halogens is 1. The topological polar surface area (TPSA) is 0 Å². The summed E-state index contributed by atoms with van der Waals surface area (Å²) in [5, 5.41) is 0. The highest BCUT2D eigenvalue weighted by atomic mass is 19.1. The fourth-order valence-electron chi connectivity index (χ4n) is 2.27. The standard InChI is InChI=1S/C18H19F/c1-5-12(2)17-9-8-15(10-14(17)4)16-7-6-13(3)18(19)11-16/h5-12H,1H2,2-4H3. The van der Waals surface area contributed by atoms with E-state index in [0.717, 1.165) is 11.1 Å². The van der Waals surface area contributed by atoms with Gasteiger partial charge in [-0.2, -0.15) is 0 Å². The average molecular weight is 254 g/mol. The zero-order valence-corrected chi connectivity index (χ0v) is 11.7. The molecule has 0 aromatic heterocycles. The van der Waals surface area contributed by atoms with Gasteiger partial charge in [-0.3, -0.25) is 0 Å². The highest BCUT2D eigenvalue weighted by Gasteiger charge is 2.07. The molecular formula is C18H19F. The minimum absolute atomic E-state index is 0.154. The van der Waals surface area contributed by atoms with Gasteiger partial charge >= 0.3 is 0 Å². The third-order valence-electron chi connectivity index (χ3n) is 3.62. The van der Waals surface area contributed by atoms with Crippen LogP contribution in [-0.4, -0.2) is 0 Å². The number of hydrogen-bond acceptors (Lipinski definition) is 0. The van der Waals surface area contributed by atoms with Crippen LogP contribution in [-0.2, 0) is 0 Å². The lowest BCUT2D eigenvalue weighted by Gasteiger charge is -2.12. The molecule has 1 atom stereocenters. The molecule has 0 spiro atoms. The molecule has 0 aliphatic heterocycles. The first-order chi connectivity index (χ1) is 9.02. The van der Waals surface area contributed by atoms with Crippen molar-refractivity contribution in [3.05, 3.63) is 71.6 Å². The van der Waals surface area contributed by atoms with Gasteiger partial charge in [-0.05, 0) is 53.6 Å². The van der Waals surface area contributed by atoms with Crippen molar-refractivity contribution < 1.29 is 4.39 Å². The van der Waals surface area contributed by atoms with Gasteiger partial charge in [0, 0.05) is 0 Å². The maximum absolute atomic E-state index is 13.6. The van der Waals surface area contributed by atoms with E-state index in [1.807, 2.05) is 24.3 Å². The van der Waals surface area contributed by atoms with Crippen LogP contribution in [0.3, 0.4) is 0 Å². The van der Waals surface area contributed by atoms with E-state index in [2.05, 4.69) is 32.6 Å². The van der Waals surface area contributed by atoms with Crippen molar-refractivity contribution in [3.63, 3.8) is 0 Å². The number of aryl methyl sites for hydroxylation is 2. The summed E-state index contributed by atoms with van der Waals surface area (Å²) in [6, 6.07) is 11.6. The van der Waals surface area contributed by atoms with E-state index in [9.17, 15) is 4.39 Å². The molecule has 98 valence electrons. The molecule has 2 aromatic rings. The lowest BCUT2D eigenvalue weighted by Crippen LogP contribution is -1.94. The molecule has 0 saturated heterocycles. The van der Waals surface area contributed by atoms with Gasteiger partial charge in [0.1, 0.15) is 5.82 Å². The molecule has 0 bridgehead atoms. The van der Waals surface area contributed by atoms with Crippen molar-refractivity contribution in [1.29, 1.82) is 0 Å². The summed E-state index contributed by atoms with van der Waals surface area (Å²) in [7, 11) is 0. The molecule has 0 heterocycles. The Balaban J connectivity index is 2.44. The van der Waals surface area contributed by atoms with Crippen LogP contribution in [0, 0.1) is 19.7 Å². The summed E-state index contributed by atoms with van der Waals surface area (Å²) in [4.78, 5) is 0. The number of hydrogen-bond donors (Lipinski definition) is 0. The molecule has 0 amide bonds. The Hall–Kier alpha value is -1.89. The molecule has 2 rings (SSSR count). The first-order valence-electron chi connectivity index (χ1n) is 6.52. The van der Waals surface area contributed by atoms with Crippen molar-refractivity contribution in [2.24, 2.45) is 0 Å². The van der Waals surface area contributed by atoms with E-state index in [1.165, 1.54) is 11.1 Å². The lowest BCUT2D eigenvalue weighted by atomic mass is 9.93. The first-order valence-corrected chi connectivity index (χ1v) is 6.52. The molecule has 1 unspecified atom stereocenters. The highest BCUT2D eigenvalue weighted by Crippen LogP contribution is 2.27. The van der Waals surface area contributed by atoms with E-state index in [1.54, 1.807) is 13.0 Å². The Morgan fingerprint density at radius 2 is 1.63 bits per heavy atom. The van der Waals surface area contributed by atoms with Crippen molar-refractivity contribution in [2.75, 3.05) is 0 Å². The molecule has 0 radical (unpaired) electrons. The monoisotopic (exact) mass is 254 g/mol. The van der Waals surface area contributed by atoms with Gasteiger partial charge in [-0.1, -0.05) is 43.3 Å². The van der Waals surface area contributed by atoms with Crippen LogP contribution in [0.4, 0.5) is 4.39 Å². The molecule has 0 N–H and O–H groups in total. The van der Waals surface area contributed by atoms with Gasteiger partial charge in [0.25, 0.3) is 0 Å². The molecule has 0 aliphatic rings. The van der Waals surface area contributed by atoms with Crippen molar-refractivity contribution in [3.8, 4) is 11.1 Å². The Morgan fingerprint density at radius 1 is 1.00 bits per heavy atom. The molecule has 0 saturated carbocycles. The first kappa shape index (κ1) is 13.5. The average Bonchev–Trinajstić information content (AvgIpc) is 2.41. The SMILES string of the molecule is C=CC(C)c1ccc(-c2ccc(C)c(F)c2)cc1C. The Morgan fingerprint density at radius 3 is 2.21 bits per heavy atom. The predicted octanol–water partition coefficient (Wildman–Crippen LogP) is 5.40. The smallest absolute Gasteiger partial charge is 0.126 e. The Bertz CT molecular complexity index is 611. The molecular weight excluding hydrogens is 235 g/mol. The highest BCUT2D eigenvalue weighted by molar-refractivity contribution is 5.65. The van der Waals surface area contributed by atoms with E-state index >= 15 is 0 Å². The Labute approximate surface area is 114 Å². The molecule has 19 heavy (non-hydrogen) atoms. The molecule has 1 heteroatoms. The number of allylic oxidation sites excluding steroid dienone is 1. The lowest BCUT2D eigenvalue weighted by molar-refractivity contribution is 0.619. The summed E-state index contributed by atoms with van der Waals surface area (Å²) in [5.41, 5.74) is 5.13. The van der Waals surface area contributed by atoms with E-state index < -0.39 is 0 Å². The van der Waals surface area contributed by atoms with E-state index in [-0.39, 0.29) is 5.82 Å². The van der Waals surface area contributed by atoms with Crippen LogP contribution in [0.25, 0.3) is 11.1 Å². The van der Waals surface area contributed by atoms with E-state index in [4.69, 9.17) is 0 Å². The normalized spacial score (nSPS) is 12.2. The van der Waals surface area contributed by atoms with Gasteiger partial charge in [-0.15, -0.1) is 6.58 Å². The van der Waals surface area contributed by atoms with Crippen molar-refractivity contribution >= 4 is 0 Å². The molecule has 0 aliphatic carbocycles. The van der Waals surface area contributed by atoms with Gasteiger partial charge in [0.2, 0.25) is 0 Å². The Kier molecular flexibility index (Phi) is 3.84. The zero-order chi connectivity index (χ0) is 14.0. The van der Waals surface area contributed by atoms with Crippen LogP contribution in [0.15, 0.2) is 49.1 Å². The quantitative estimate of drug-likeness (QED) is 0.643. The van der Waals surface area contributed by atoms with Crippen LogP contribution in [0.2, 0.25) is 0 Å². The third kappa shape index (κ3) is 2.76. The predicted molar refractivity (Wildman–Crippen MR) is 79.9 cm³/mol. The largest absolute Gasteiger partial charge is 0.207 e. The minimum atomic E-state index is -0.154. The van der Waals surface area contributed by atoms with Crippen LogP contribution >= 0.6 is 0 Å².